The second kappa shape index (κ2) is 5.07. The number of thiophene rings is 1. The molecule has 0 amide bonds. The lowest BCUT2D eigenvalue weighted by molar-refractivity contribution is -0.0387. The van der Waals surface area contributed by atoms with Gasteiger partial charge in [0.05, 0.1) is 18.8 Å². The van der Waals surface area contributed by atoms with Crippen LogP contribution in [0.5, 0.6) is 0 Å². The zero-order chi connectivity index (χ0) is 10.7. The van der Waals surface area contributed by atoms with E-state index in [1.54, 1.807) is 11.3 Å². The van der Waals surface area contributed by atoms with Gasteiger partial charge in [0.1, 0.15) is 0 Å². The predicted molar refractivity (Wildman–Crippen MR) is 63.1 cm³/mol. The predicted octanol–water partition coefficient (Wildman–Crippen LogP) is 1.47. The van der Waals surface area contributed by atoms with Gasteiger partial charge in [0.2, 0.25) is 0 Å². The first kappa shape index (κ1) is 11.1. The fourth-order valence-electron chi connectivity index (χ4n) is 1.90. The first-order valence-electron chi connectivity index (χ1n) is 5.44. The molecule has 0 spiro atoms. The van der Waals surface area contributed by atoms with Gasteiger partial charge < -0.3 is 10.5 Å². The summed E-state index contributed by atoms with van der Waals surface area (Å²) in [4.78, 5) is 3.61. The van der Waals surface area contributed by atoms with Crippen molar-refractivity contribution in [2.45, 2.75) is 19.1 Å². The Labute approximate surface area is 94.8 Å². The smallest absolute Gasteiger partial charge is 0.0902 e. The van der Waals surface area contributed by atoms with Crippen molar-refractivity contribution in [3.8, 4) is 0 Å². The Morgan fingerprint density at radius 1 is 1.73 bits per heavy atom. The van der Waals surface area contributed by atoms with Crippen LogP contribution < -0.4 is 5.73 Å². The third-order valence-electron chi connectivity index (χ3n) is 2.90. The van der Waals surface area contributed by atoms with Gasteiger partial charge in [0.25, 0.3) is 0 Å². The average molecular weight is 226 g/mol. The van der Waals surface area contributed by atoms with Crippen LogP contribution in [0, 0.1) is 0 Å². The molecule has 15 heavy (non-hydrogen) atoms. The Hall–Kier alpha value is -0.420. The van der Waals surface area contributed by atoms with Gasteiger partial charge in [0, 0.05) is 18.0 Å². The highest BCUT2D eigenvalue weighted by Gasteiger charge is 2.26. The zero-order valence-electron chi connectivity index (χ0n) is 9.06. The SMILES string of the molecule is CCN1CCOC(C(N)c2cccs2)C1. The molecule has 4 heteroatoms. The molecule has 1 aromatic rings. The molecule has 1 saturated heterocycles. The summed E-state index contributed by atoms with van der Waals surface area (Å²) in [6.07, 6.45) is 0.150. The minimum absolute atomic E-state index is 0.0272. The molecule has 2 N–H and O–H groups in total. The second-order valence-electron chi connectivity index (χ2n) is 3.84. The van der Waals surface area contributed by atoms with Gasteiger partial charge >= 0.3 is 0 Å². The van der Waals surface area contributed by atoms with E-state index >= 15 is 0 Å². The number of rotatable bonds is 3. The molecule has 0 bridgehead atoms. The van der Waals surface area contributed by atoms with Crippen molar-refractivity contribution in [2.75, 3.05) is 26.2 Å². The summed E-state index contributed by atoms with van der Waals surface area (Å²) < 4.78 is 5.74. The zero-order valence-corrected chi connectivity index (χ0v) is 9.87. The lowest BCUT2D eigenvalue weighted by Gasteiger charge is -2.34. The van der Waals surface area contributed by atoms with E-state index in [4.69, 9.17) is 10.5 Å². The fourth-order valence-corrected chi connectivity index (χ4v) is 2.68. The van der Waals surface area contributed by atoms with Crippen LogP contribution >= 0.6 is 11.3 Å². The molecule has 0 saturated carbocycles. The quantitative estimate of drug-likeness (QED) is 0.848. The van der Waals surface area contributed by atoms with E-state index in [9.17, 15) is 0 Å². The number of nitrogens with zero attached hydrogens (tertiary/aromatic N) is 1. The lowest BCUT2D eigenvalue weighted by atomic mass is 10.1. The number of hydrogen-bond donors (Lipinski definition) is 1. The normalized spacial score (nSPS) is 25.3. The van der Waals surface area contributed by atoms with Crippen molar-refractivity contribution in [3.05, 3.63) is 22.4 Å². The van der Waals surface area contributed by atoms with E-state index in [0.717, 1.165) is 26.2 Å². The van der Waals surface area contributed by atoms with Crippen LogP contribution in [-0.4, -0.2) is 37.2 Å². The molecule has 0 aliphatic carbocycles. The maximum atomic E-state index is 6.19. The van der Waals surface area contributed by atoms with Crippen LogP contribution in [0.1, 0.15) is 17.8 Å². The molecule has 0 radical (unpaired) electrons. The molecule has 2 rings (SSSR count). The minimum Gasteiger partial charge on any atom is -0.374 e. The van der Waals surface area contributed by atoms with Crippen molar-refractivity contribution in [1.29, 1.82) is 0 Å². The van der Waals surface area contributed by atoms with Gasteiger partial charge in [-0.05, 0) is 18.0 Å². The van der Waals surface area contributed by atoms with Gasteiger partial charge in [-0.3, -0.25) is 4.90 Å². The molecule has 1 aromatic heterocycles. The van der Waals surface area contributed by atoms with Crippen molar-refractivity contribution in [2.24, 2.45) is 5.73 Å². The monoisotopic (exact) mass is 226 g/mol. The number of hydrogen-bond acceptors (Lipinski definition) is 4. The van der Waals surface area contributed by atoms with E-state index in [0.29, 0.717) is 0 Å². The molecule has 2 heterocycles. The minimum atomic E-state index is 0.0272. The van der Waals surface area contributed by atoms with Gasteiger partial charge in [-0.2, -0.15) is 0 Å². The summed E-state index contributed by atoms with van der Waals surface area (Å²) in [5.41, 5.74) is 6.19. The molecule has 2 unspecified atom stereocenters. The number of nitrogens with two attached hydrogens (primary N) is 1. The summed E-state index contributed by atoms with van der Waals surface area (Å²) in [6.45, 7) is 6.05. The molecule has 2 atom stereocenters. The van der Waals surface area contributed by atoms with Crippen molar-refractivity contribution < 1.29 is 4.74 Å². The fraction of sp³-hybridized carbons (Fsp3) is 0.636. The van der Waals surface area contributed by atoms with Crippen LogP contribution in [0.3, 0.4) is 0 Å². The highest BCUT2D eigenvalue weighted by atomic mass is 32.1. The molecule has 84 valence electrons. The standard InChI is InChI=1S/C11H18N2OS/c1-2-13-5-6-14-9(8-13)11(12)10-4-3-7-15-10/h3-4,7,9,11H,2,5-6,8,12H2,1H3. The van der Waals surface area contributed by atoms with Crippen LogP contribution in [0.15, 0.2) is 17.5 Å². The Bertz CT molecular complexity index is 289. The highest BCUT2D eigenvalue weighted by molar-refractivity contribution is 7.10. The number of morpholine rings is 1. The van der Waals surface area contributed by atoms with Crippen LogP contribution in [0.25, 0.3) is 0 Å². The Morgan fingerprint density at radius 2 is 2.60 bits per heavy atom. The van der Waals surface area contributed by atoms with E-state index in [1.165, 1.54) is 4.88 Å². The third-order valence-corrected chi connectivity index (χ3v) is 3.87. The topological polar surface area (TPSA) is 38.5 Å². The van der Waals surface area contributed by atoms with Gasteiger partial charge in [-0.25, -0.2) is 0 Å². The van der Waals surface area contributed by atoms with Crippen molar-refractivity contribution in [1.82, 2.24) is 4.90 Å². The van der Waals surface area contributed by atoms with E-state index in [2.05, 4.69) is 23.3 Å². The summed E-state index contributed by atoms with van der Waals surface area (Å²) >= 11 is 1.71. The van der Waals surface area contributed by atoms with Crippen LogP contribution in [-0.2, 0) is 4.74 Å². The lowest BCUT2D eigenvalue weighted by Crippen LogP contribution is -2.46. The largest absolute Gasteiger partial charge is 0.374 e. The van der Waals surface area contributed by atoms with Crippen molar-refractivity contribution in [3.63, 3.8) is 0 Å². The van der Waals surface area contributed by atoms with E-state index < -0.39 is 0 Å². The van der Waals surface area contributed by atoms with Gasteiger partial charge in [-0.1, -0.05) is 13.0 Å². The van der Waals surface area contributed by atoms with E-state index in [-0.39, 0.29) is 12.1 Å². The maximum absolute atomic E-state index is 6.19. The summed E-state index contributed by atoms with van der Waals surface area (Å²) in [7, 11) is 0. The number of likely N-dealkylation sites (N-methyl/N-ethyl adjacent to an activating group) is 1. The molecule has 0 aromatic carbocycles. The van der Waals surface area contributed by atoms with E-state index in [1.807, 2.05) is 6.07 Å². The van der Waals surface area contributed by atoms with Crippen LogP contribution in [0.2, 0.25) is 0 Å². The molecule has 3 nitrogen and oxygen atoms in total. The Balaban J connectivity index is 1.98. The summed E-state index contributed by atoms with van der Waals surface area (Å²) in [5, 5.41) is 2.07. The highest BCUT2D eigenvalue weighted by Crippen LogP contribution is 2.23. The molecule has 1 aliphatic heterocycles. The van der Waals surface area contributed by atoms with Crippen molar-refractivity contribution >= 4 is 11.3 Å². The third kappa shape index (κ3) is 2.58. The summed E-state index contributed by atoms with van der Waals surface area (Å²) in [6, 6.07) is 4.16. The average Bonchev–Trinajstić information content (AvgIpc) is 2.81. The Kier molecular flexibility index (Phi) is 3.75. The molecular weight excluding hydrogens is 208 g/mol. The first-order chi connectivity index (χ1) is 7.31. The van der Waals surface area contributed by atoms with Crippen LogP contribution in [0.4, 0.5) is 0 Å². The number of ether oxygens (including phenoxy) is 1. The second-order valence-corrected chi connectivity index (χ2v) is 4.82. The van der Waals surface area contributed by atoms with Gasteiger partial charge in [0.15, 0.2) is 0 Å². The Morgan fingerprint density at radius 3 is 3.27 bits per heavy atom. The maximum Gasteiger partial charge on any atom is 0.0902 e. The molecular formula is C11H18N2OS. The summed E-state index contributed by atoms with van der Waals surface area (Å²) in [5.74, 6) is 0. The first-order valence-corrected chi connectivity index (χ1v) is 6.32. The molecule has 1 fully saturated rings. The van der Waals surface area contributed by atoms with Gasteiger partial charge in [-0.15, -0.1) is 11.3 Å². The molecule has 1 aliphatic rings.